The lowest BCUT2D eigenvalue weighted by atomic mass is 9.87. The Bertz CT molecular complexity index is 303. The lowest BCUT2D eigenvalue weighted by Gasteiger charge is -2.28. The maximum atomic E-state index is 5.80. The molecule has 1 nitrogen and oxygen atoms in total. The van der Waals surface area contributed by atoms with Crippen LogP contribution >= 0.6 is 39.3 Å². The van der Waals surface area contributed by atoms with E-state index in [0.29, 0.717) is 10.4 Å². The molecule has 0 fully saturated rings. The minimum atomic E-state index is 0.381. The van der Waals surface area contributed by atoms with Gasteiger partial charge >= 0.3 is 0 Å². The predicted octanol–water partition coefficient (Wildman–Crippen LogP) is 5.03. The van der Waals surface area contributed by atoms with Crippen LogP contribution in [0.15, 0.2) is 23.4 Å². The van der Waals surface area contributed by atoms with Gasteiger partial charge in [0.25, 0.3) is 0 Å². The Hall–Kier alpha value is 0.270. The van der Waals surface area contributed by atoms with E-state index in [1.165, 1.54) is 12.8 Å². The first kappa shape index (κ1) is 14.3. The fourth-order valence-corrected chi connectivity index (χ4v) is 3.98. The zero-order chi connectivity index (χ0) is 12.0. The molecule has 0 amide bonds. The lowest BCUT2D eigenvalue weighted by molar-refractivity contribution is 0.359. The second-order valence-corrected chi connectivity index (χ2v) is 5.94. The van der Waals surface area contributed by atoms with E-state index in [2.05, 4.69) is 34.8 Å². The van der Waals surface area contributed by atoms with Gasteiger partial charge in [-0.05, 0) is 30.4 Å². The number of nitrogens with zero attached hydrogens (tertiary/aromatic N) is 1. The third-order valence-electron chi connectivity index (χ3n) is 3.01. The predicted molar refractivity (Wildman–Crippen MR) is 76.8 cm³/mol. The van der Waals surface area contributed by atoms with Gasteiger partial charge in [0.1, 0.15) is 0 Å². The summed E-state index contributed by atoms with van der Waals surface area (Å²) < 4.78 is 0. The average molecular weight is 323 g/mol. The molecule has 1 rings (SSSR count). The molecule has 0 saturated heterocycles. The van der Waals surface area contributed by atoms with Crippen molar-refractivity contribution in [1.82, 2.24) is 4.98 Å². The highest BCUT2D eigenvalue weighted by molar-refractivity contribution is 9.09. The van der Waals surface area contributed by atoms with Crippen LogP contribution in [-0.2, 0) is 0 Å². The van der Waals surface area contributed by atoms with Crippen LogP contribution in [0.4, 0.5) is 0 Å². The molecule has 0 aliphatic heterocycles. The molecule has 90 valence electrons. The van der Waals surface area contributed by atoms with Crippen molar-refractivity contribution in [2.45, 2.75) is 31.7 Å². The number of thioether (sulfide) groups is 1. The lowest BCUT2D eigenvalue weighted by Crippen LogP contribution is -2.23. The highest BCUT2D eigenvalue weighted by atomic mass is 79.9. The van der Waals surface area contributed by atoms with Gasteiger partial charge in [0.05, 0.1) is 10.0 Å². The summed E-state index contributed by atoms with van der Waals surface area (Å²) >= 11 is 11.2. The summed E-state index contributed by atoms with van der Waals surface area (Å²) in [5, 5.41) is 2.80. The fourth-order valence-electron chi connectivity index (χ4n) is 1.36. The highest BCUT2D eigenvalue weighted by Crippen LogP contribution is 2.35. The number of alkyl halides is 1. The van der Waals surface area contributed by atoms with Gasteiger partial charge in [0.15, 0.2) is 0 Å². The quantitative estimate of drug-likeness (QED) is 0.538. The zero-order valence-corrected chi connectivity index (χ0v) is 12.8. The number of aromatic nitrogens is 1. The summed E-state index contributed by atoms with van der Waals surface area (Å²) in [5.74, 6) is 1.10. The van der Waals surface area contributed by atoms with E-state index in [0.717, 1.165) is 16.1 Å². The number of rotatable bonds is 6. The van der Waals surface area contributed by atoms with Gasteiger partial charge in [-0.3, -0.25) is 0 Å². The van der Waals surface area contributed by atoms with Crippen LogP contribution in [0.1, 0.15) is 26.7 Å². The van der Waals surface area contributed by atoms with Crippen LogP contribution in [0, 0.1) is 5.41 Å². The van der Waals surface area contributed by atoms with Crippen molar-refractivity contribution >= 4 is 39.3 Å². The summed E-state index contributed by atoms with van der Waals surface area (Å²) in [7, 11) is 0. The first-order valence-electron chi connectivity index (χ1n) is 5.46. The minimum Gasteiger partial charge on any atom is -0.248 e. The molecule has 0 aliphatic carbocycles. The topological polar surface area (TPSA) is 12.9 Å². The van der Waals surface area contributed by atoms with Gasteiger partial charge < -0.3 is 0 Å². The zero-order valence-electron chi connectivity index (χ0n) is 9.67. The van der Waals surface area contributed by atoms with Crippen LogP contribution in [0.5, 0.6) is 0 Å². The Morgan fingerprint density at radius 3 is 2.50 bits per heavy atom. The van der Waals surface area contributed by atoms with Gasteiger partial charge in [0, 0.05) is 17.3 Å². The van der Waals surface area contributed by atoms with Crippen molar-refractivity contribution in [2.24, 2.45) is 5.41 Å². The number of hydrogen-bond acceptors (Lipinski definition) is 2. The van der Waals surface area contributed by atoms with Crippen molar-refractivity contribution < 1.29 is 0 Å². The molecule has 4 heteroatoms. The average Bonchev–Trinajstić information content (AvgIpc) is 2.34. The number of pyridine rings is 1. The normalized spacial score (nSPS) is 11.8. The van der Waals surface area contributed by atoms with Gasteiger partial charge in [-0.1, -0.05) is 41.4 Å². The first-order valence-corrected chi connectivity index (χ1v) is 7.94. The Labute approximate surface area is 115 Å². The van der Waals surface area contributed by atoms with E-state index in [-0.39, 0.29) is 0 Å². The molecule has 0 bridgehead atoms. The fraction of sp³-hybridized carbons (Fsp3) is 0.583. The second kappa shape index (κ2) is 6.87. The minimum absolute atomic E-state index is 0.381. The maximum absolute atomic E-state index is 5.80. The van der Waals surface area contributed by atoms with Crippen molar-refractivity contribution in [3.05, 3.63) is 23.4 Å². The SMILES string of the molecule is CCC(CC)(CBr)CSc1ccc(Cl)cn1. The van der Waals surface area contributed by atoms with E-state index in [1.807, 2.05) is 23.9 Å². The molecule has 0 spiro atoms. The van der Waals surface area contributed by atoms with Crippen molar-refractivity contribution in [3.8, 4) is 0 Å². The smallest absolute Gasteiger partial charge is 0.0961 e. The molecule has 0 N–H and O–H groups in total. The Morgan fingerprint density at radius 2 is 2.06 bits per heavy atom. The van der Waals surface area contributed by atoms with Crippen molar-refractivity contribution in [2.75, 3.05) is 11.1 Å². The molecule has 0 aromatic carbocycles. The summed E-state index contributed by atoms with van der Waals surface area (Å²) in [6, 6.07) is 3.88. The largest absolute Gasteiger partial charge is 0.248 e. The van der Waals surface area contributed by atoms with Gasteiger partial charge in [0.2, 0.25) is 0 Å². The maximum Gasteiger partial charge on any atom is 0.0961 e. The molecule has 1 aromatic rings. The molecule has 1 heterocycles. The van der Waals surface area contributed by atoms with Crippen LogP contribution in [0.2, 0.25) is 5.02 Å². The van der Waals surface area contributed by atoms with E-state index < -0.39 is 0 Å². The monoisotopic (exact) mass is 321 g/mol. The third kappa shape index (κ3) is 3.94. The molecule has 0 atom stereocenters. The third-order valence-corrected chi connectivity index (χ3v) is 5.72. The van der Waals surface area contributed by atoms with E-state index in [9.17, 15) is 0 Å². The molecular formula is C12H17BrClNS. The van der Waals surface area contributed by atoms with Crippen molar-refractivity contribution in [3.63, 3.8) is 0 Å². The summed E-state index contributed by atoms with van der Waals surface area (Å²) in [5.41, 5.74) is 0.381. The Kier molecular flexibility index (Phi) is 6.16. The van der Waals surface area contributed by atoms with Crippen molar-refractivity contribution in [1.29, 1.82) is 0 Å². The van der Waals surface area contributed by atoms with E-state index in [1.54, 1.807) is 6.20 Å². The Balaban J connectivity index is 2.58. The number of hydrogen-bond donors (Lipinski definition) is 0. The molecule has 1 aromatic heterocycles. The molecular weight excluding hydrogens is 306 g/mol. The van der Waals surface area contributed by atoms with Gasteiger partial charge in [-0.25, -0.2) is 4.98 Å². The molecule has 0 radical (unpaired) electrons. The molecule has 0 aliphatic rings. The van der Waals surface area contributed by atoms with Gasteiger partial charge in [-0.15, -0.1) is 11.8 Å². The summed E-state index contributed by atoms with van der Waals surface area (Å²) in [6.45, 7) is 4.50. The summed E-state index contributed by atoms with van der Waals surface area (Å²) in [6.07, 6.45) is 4.09. The molecule has 0 saturated carbocycles. The Morgan fingerprint density at radius 1 is 1.38 bits per heavy atom. The van der Waals surface area contributed by atoms with E-state index >= 15 is 0 Å². The summed E-state index contributed by atoms with van der Waals surface area (Å²) in [4.78, 5) is 4.30. The van der Waals surface area contributed by atoms with Crippen LogP contribution < -0.4 is 0 Å². The first-order chi connectivity index (χ1) is 7.65. The second-order valence-electron chi connectivity index (χ2n) is 3.94. The van der Waals surface area contributed by atoms with Gasteiger partial charge in [-0.2, -0.15) is 0 Å². The van der Waals surface area contributed by atoms with Crippen LogP contribution in [-0.4, -0.2) is 16.1 Å². The van der Waals surface area contributed by atoms with Crippen LogP contribution in [0.25, 0.3) is 0 Å². The molecule has 0 unspecified atom stereocenters. The van der Waals surface area contributed by atoms with E-state index in [4.69, 9.17) is 11.6 Å². The number of halogens is 2. The molecule has 16 heavy (non-hydrogen) atoms. The highest BCUT2D eigenvalue weighted by Gasteiger charge is 2.24. The standard InChI is InChI=1S/C12H17BrClNS/c1-3-12(4-2,8-13)9-16-11-6-5-10(14)7-15-11/h5-7H,3-4,8-9H2,1-2H3. The van der Waals surface area contributed by atoms with Crippen LogP contribution in [0.3, 0.4) is 0 Å².